The minimum Gasteiger partial charge on any atom is -0.481 e. The van der Waals surface area contributed by atoms with Crippen molar-refractivity contribution in [1.29, 1.82) is 0 Å². The van der Waals surface area contributed by atoms with E-state index in [2.05, 4.69) is 29.2 Å². The first-order valence-corrected chi connectivity index (χ1v) is 7.51. The zero-order valence-corrected chi connectivity index (χ0v) is 12.1. The fraction of sp³-hybridized carbons (Fsp3) is 0.222. The third-order valence-corrected chi connectivity index (χ3v) is 4.35. The van der Waals surface area contributed by atoms with E-state index in [4.69, 9.17) is 0 Å². The Morgan fingerprint density at radius 1 is 1.18 bits per heavy atom. The summed E-state index contributed by atoms with van der Waals surface area (Å²) >= 11 is 0. The summed E-state index contributed by atoms with van der Waals surface area (Å²) in [6, 6.07) is 14.4. The molecule has 4 rings (SSSR count). The maximum atomic E-state index is 11.4. The zero-order valence-electron chi connectivity index (χ0n) is 12.1. The normalized spacial score (nSPS) is 17.4. The number of imidazole rings is 1. The monoisotopic (exact) mass is 292 g/mol. The van der Waals surface area contributed by atoms with Gasteiger partial charge in [-0.05, 0) is 29.7 Å². The molecule has 2 heterocycles. The Bertz CT molecular complexity index is 866. The maximum absolute atomic E-state index is 11.4. The van der Waals surface area contributed by atoms with Crippen LogP contribution in [0.3, 0.4) is 0 Å². The van der Waals surface area contributed by atoms with Crippen molar-refractivity contribution in [2.45, 2.75) is 25.3 Å². The van der Waals surface area contributed by atoms with E-state index in [0.717, 1.165) is 24.2 Å². The maximum Gasteiger partial charge on any atom is 0.314 e. The van der Waals surface area contributed by atoms with Crippen molar-refractivity contribution in [2.24, 2.45) is 0 Å². The Kier molecular flexibility index (Phi) is 2.96. The number of aliphatic carboxylic acids is 1. The van der Waals surface area contributed by atoms with Crippen molar-refractivity contribution in [2.75, 3.05) is 0 Å². The molecule has 2 aromatic carbocycles. The highest BCUT2D eigenvalue weighted by Crippen LogP contribution is 2.31. The minimum atomic E-state index is -0.781. The number of rotatable bonds is 2. The van der Waals surface area contributed by atoms with Gasteiger partial charge in [0.15, 0.2) is 0 Å². The second-order valence-corrected chi connectivity index (χ2v) is 5.77. The van der Waals surface area contributed by atoms with Crippen molar-refractivity contribution >= 4 is 16.7 Å². The number of nitrogens with zero attached hydrogens (tertiary/aromatic N) is 2. The average molecular weight is 292 g/mol. The molecule has 0 spiro atoms. The zero-order chi connectivity index (χ0) is 15.1. The Balaban J connectivity index is 1.80. The summed E-state index contributed by atoms with van der Waals surface area (Å²) in [5, 5.41) is 11.7. The Morgan fingerprint density at radius 2 is 2.00 bits per heavy atom. The minimum absolute atomic E-state index is 0.483. The molecular formula is C18H16N2O2. The van der Waals surface area contributed by atoms with Crippen LogP contribution in [0, 0.1) is 0 Å². The highest BCUT2D eigenvalue weighted by Gasteiger charge is 2.28. The lowest BCUT2D eigenvalue weighted by Crippen LogP contribution is -2.21. The van der Waals surface area contributed by atoms with Gasteiger partial charge in [-0.3, -0.25) is 4.79 Å². The van der Waals surface area contributed by atoms with Gasteiger partial charge in [-0.25, -0.2) is 4.98 Å². The van der Waals surface area contributed by atoms with Gasteiger partial charge in [0, 0.05) is 18.3 Å². The van der Waals surface area contributed by atoms with Crippen LogP contribution in [0.5, 0.6) is 0 Å². The van der Waals surface area contributed by atoms with Crippen LogP contribution in [0.4, 0.5) is 0 Å². The third kappa shape index (κ3) is 2.08. The standard InChI is InChI=1S/C18H16N2O2/c21-18(22)15-6-3-9-20-11-16(19-17(15)20)14-8-7-12-4-1-2-5-13(12)10-14/h1-2,4-5,7-8,10-11,15H,3,6,9H2,(H,21,22). The molecule has 4 nitrogen and oxygen atoms in total. The number of fused-ring (bicyclic) bond motifs is 2. The summed E-state index contributed by atoms with van der Waals surface area (Å²) in [7, 11) is 0. The number of hydrogen-bond acceptors (Lipinski definition) is 2. The second kappa shape index (κ2) is 4.98. The molecule has 1 atom stereocenters. The largest absolute Gasteiger partial charge is 0.481 e. The van der Waals surface area contributed by atoms with Crippen molar-refractivity contribution in [3.8, 4) is 11.3 Å². The molecule has 0 aliphatic carbocycles. The molecule has 0 saturated carbocycles. The SMILES string of the molecule is O=C(O)C1CCCn2cc(-c3ccc4ccccc4c3)nc21. The Labute approximate surface area is 128 Å². The third-order valence-electron chi connectivity index (χ3n) is 4.35. The molecule has 1 aliphatic heterocycles. The molecule has 3 aromatic rings. The molecule has 110 valence electrons. The van der Waals surface area contributed by atoms with E-state index in [1.807, 2.05) is 29.0 Å². The van der Waals surface area contributed by atoms with E-state index in [9.17, 15) is 9.90 Å². The summed E-state index contributed by atoms with van der Waals surface area (Å²) in [6.07, 6.45) is 3.54. The van der Waals surface area contributed by atoms with Crippen molar-refractivity contribution in [3.05, 3.63) is 54.5 Å². The van der Waals surface area contributed by atoms with E-state index in [0.29, 0.717) is 12.2 Å². The fourth-order valence-corrected chi connectivity index (χ4v) is 3.20. The molecule has 0 radical (unpaired) electrons. The first-order chi connectivity index (χ1) is 10.7. The number of carbonyl (C=O) groups is 1. The van der Waals surface area contributed by atoms with Crippen LogP contribution in [0.25, 0.3) is 22.0 Å². The van der Waals surface area contributed by atoms with Gasteiger partial charge in [-0.1, -0.05) is 36.4 Å². The molecule has 1 aromatic heterocycles. The fourth-order valence-electron chi connectivity index (χ4n) is 3.20. The van der Waals surface area contributed by atoms with E-state index >= 15 is 0 Å². The lowest BCUT2D eigenvalue weighted by atomic mass is 9.99. The molecule has 0 saturated heterocycles. The van der Waals surface area contributed by atoms with E-state index in [1.165, 1.54) is 10.8 Å². The summed E-state index contributed by atoms with van der Waals surface area (Å²) in [5.74, 6) is -0.582. The molecule has 0 fully saturated rings. The van der Waals surface area contributed by atoms with Crippen LogP contribution < -0.4 is 0 Å². The summed E-state index contributed by atoms with van der Waals surface area (Å²) in [4.78, 5) is 16.0. The number of aryl methyl sites for hydroxylation is 1. The van der Waals surface area contributed by atoms with Gasteiger partial charge in [-0.2, -0.15) is 0 Å². The number of carboxylic acid groups (broad SMARTS) is 1. The summed E-state index contributed by atoms with van der Waals surface area (Å²) in [6.45, 7) is 0.847. The topological polar surface area (TPSA) is 55.1 Å². The van der Waals surface area contributed by atoms with Gasteiger partial charge in [0.2, 0.25) is 0 Å². The number of aromatic nitrogens is 2. The predicted octanol–water partition coefficient (Wildman–Crippen LogP) is 3.67. The second-order valence-electron chi connectivity index (χ2n) is 5.77. The first-order valence-electron chi connectivity index (χ1n) is 7.51. The molecule has 22 heavy (non-hydrogen) atoms. The number of carboxylic acids is 1. The van der Waals surface area contributed by atoms with E-state index in [-0.39, 0.29) is 0 Å². The summed E-state index contributed by atoms with van der Waals surface area (Å²) < 4.78 is 1.99. The van der Waals surface area contributed by atoms with Crippen LogP contribution in [0.15, 0.2) is 48.7 Å². The quantitative estimate of drug-likeness (QED) is 0.784. The lowest BCUT2D eigenvalue weighted by Gasteiger charge is -2.19. The number of benzene rings is 2. The van der Waals surface area contributed by atoms with E-state index in [1.54, 1.807) is 0 Å². The van der Waals surface area contributed by atoms with Gasteiger partial charge < -0.3 is 9.67 Å². The average Bonchev–Trinajstić information content (AvgIpc) is 2.98. The van der Waals surface area contributed by atoms with Crippen molar-refractivity contribution < 1.29 is 9.90 Å². The number of hydrogen-bond donors (Lipinski definition) is 1. The Morgan fingerprint density at radius 3 is 2.82 bits per heavy atom. The molecule has 4 heteroatoms. The molecule has 1 unspecified atom stereocenters. The van der Waals surface area contributed by atoms with Gasteiger partial charge >= 0.3 is 5.97 Å². The van der Waals surface area contributed by atoms with Crippen molar-refractivity contribution in [3.63, 3.8) is 0 Å². The first kappa shape index (κ1) is 13.1. The van der Waals surface area contributed by atoms with Crippen LogP contribution in [-0.2, 0) is 11.3 Å². The Hall–Kier alpha value is -2.62. The molecule has 1 N–H and O–H groups in total. The highest BCUT2D eigenvalue weighted by molar-refractivity contribution is 5.86. The van der Waals surface area contributed by atoms with Crippen LogP contribution in [-0.4, -0.2) is 20.6 Å². The van der Waals surface area contributed by atoms with Gasteiger partial charge in [0.05, 0.1) is 5.69 Å². The van der Waals surface area contributed by atoms with Crippen molar-refractivity contribution in [1.82, 2.24) is 9.55 Å². The molecular weight excluding hydrogens is 276 g/mol. The van der Waals surface area contributed by atoms with Gasteiger partial charge in [0.25, 0.3) is 0 Å². The molecule has 0 amide bonds. The van der Waals surface area contributed by atoms with E-state index < -0.39 is 11.9 Å². The van der Waals surface area contributed by atoms with Crippen LogP contribution >= 0.6 is 0 Å². The highest BCUT2D eigenvalue weighted by atomic mass is 16.4. The molecule has 1 aliphatic rings. The van der Waals surface area contributed by atoms with Gasteiger partial charge in [0.1, 0.15) is 11.7 Å². The lowest BCUT2D eigenvalue weighted by molar-refractivity contribution is -0.139. The smallest absolute Gasteiger partial charge is 0.314 e. The predicted molar refractivity (Wildman–Crippen MR) is 84.8 cm³/mol. The molecule has 0 bridgehead atoms. The van der Waals surface area contributed by atoms with Gasteiger partial charge in [-0.15, -0.1) is 0 Å². The van der Waals surface area contributed by atoms with Crippen LogP contribution in [0.1, 0.15) is 24.6 Å². The summed E-state index contributed by atoms with van der Waals surface area (Å²) in [5.41, 5.74) is 1.89. The van der Waals surface area contributed by atoms with Crippen LogP contribution in [0.2, 0.25) is 0 Å².